The lowest BCUT2D eigenvalue weighted by Crippen LogP contribution is -2.36. The Hall–Kier alpha value is -5.48. The fourth-order valence-corrected chi connectivity index (χ4v) is 6.28. The third-order valence-electron chi connectivity index (χ3n) is 8.46. The van der Waals surface area contributed by atoms with E-state index in [2.05, 4.69) is 61.8 Å². The number of hydrogen-bond acceptors (Lipinski definition) is 6. The second-order valence-corrected chi connectivity index (χ2v) is 14.7. The van der Waals surface area contributed by atoms with E-state index in [1.54, 1.807) is 16.0 Å². The van der Waals surface area contributed by atoms with Crippen molar-refractivity contribution in [1.29, 1.82) is 0 Å². The number of nitrogens with zero attached hydrogens (tertiary/aromatic N) is 4. The first kappa shape index (κ1) is 34.4. The Bertz CT molecular complexity index is 1980. The van der Waals surface area contributed by atoms with Gasteiger partial charge in [0, 0.05) is 24.2 Å². The van der Waals surface area contributed by atoms with Crippen LogP contribution in [0, 0.1) is 23.7 Å². The summed E-state index contributed by atoms with van der Waals surface area (Å²) in [4.78, 5) is 45.1. The lowest BCUT2D eigenvalue weighted by Gasteiger charge is -2.27. The van der Waals surface area contributed by atoms with Crippen molar-refractivity contribution in [1.82, 2.24) is 29.7 Å². The van der Waals surface area contributed by atoms with Gasteiger partial charge < -0.3 is 19.4 Å². The van der Waals surface area contributed by atoms with Crippen molar-refractivity contribution >= 4 is 12.2 Å². The molecule has 2 saturated heterocycles. The van der Waals surface area contributed by atoms with Gasteiger partial charge in [-0.25, -0.2) is 19.6 Å². The molecule has 10 nitrogen and oxygen atoms in total. The maximum Gasteiger partial charge on any atom is 0.410 e. The van der Waals surface area contributed by atoms with Crippen LogP contribution in [0.3, 0.4) is 0 Å². The summed E-state index contributed by atoms with van der Waals surface area (Å²) in [6.45, 7) is 12.5. The van der Waals surface area contributed by atoms with E-state index in [4.69, 9.17) is 9.47 Å². The van der Waals surface area contributed by atoms with Crippen LogP contribution >= 0.6 is 0 Å². The Kier molecular flexibility index (Phi) is 9.74. The van der Waals surface area contributed by atoms with Crippen LogP contribution in [0.5, 0.6) is 0 Å². The number of amides is 2. The van der Waals surface area contributed by atoms with Gasteiger partial charge >= 0.3 is 12.2 Å². The van der Waals surface area contributed by atoms with E-state index < -0.39 is 11.2 Å². The van der Waals surface area contributed by atoms with E-state index in [1.807, 2.05) is 78.1 Å². The fraction of sp³-hybridized carbons (Fsp3) is 0.400. The molecule has 6 rings (SSSR count). The highest BCUT2D eigenvalue weighted by molar-refractivity contribution is 5.77. The topological polar surface area (TPSA) is 116 Å². The highest BCUT2D eigenvalue weighted by Gasteiger charge is 2.36. The summed E-state index contributed by atoms with van der Waals surface area (Å²) >= 11 is 0. The molecule has 0 saturated carbocycles. The van der Waals surface area contributed by atoms with Gasteiger partial charge in [0.2, 0.25) is 0 Å². The van der Waals surface area contributed by atoms with Crippen LogP contribution in [0.2, 0.25) is 0 Å². The zero-order chi connectivity index (χ0) is 35.5. The van der Waals surface area contributed by atoms with E-state index >= 15 is 0 Å². The molecular formula is C40H44N6O4. The number of aromatic amines is 2. The van der Waals surface area contributed by atoms with E-state index in [1.165, 1.54) is 0 Å². The largest absolute Gasteiger partial charge is 0.444 e. The number of carbonyl (C=O) groups excluding carboxylic acids is 2. The predicted molar refractivity (Wildman–Crippen MR) is 192 cm³/mol. The molecule has 50 heavy (non-hydrogen) atoms. The second kappa shape index (κ2) is 14.2. The molecule has 2 aromatic heterocycles. The molecule has 0 unspecified atom stereocenters. The van der Waals surface area contributed by atoms with E-state index in [0.717, 1.165) is 59.5 Å². The molecule has 0 bridgehead atoms. The number of hydrogen-bond donors (Lipinski definition) is 2. The molecule has 2 atom stereocenters. The number of carbonyl (C=O) groups is 2. The maximum absolute atomic E-state index is 12.9. The molecule has 2 amide bonds. The molecule has 0 spiro atoms. The summed E-state index contributed by atoms with van der Waals surface area (Å²) in [5.74, 6) is 13.7. The minimum atomic E-state index is -0.562. The van der Waals surface area contributed by atoms with Crippen molar-refractivity contribution < 1.29 is 19.1 Å². The number of aromatic nitrogens is 4. The van der Waals surface area contributed by atoms with Crippen LogP contribution in [0.1, 0.15) is 102 Å². The number of H-pyrrole nitrogens is 2. The summed E-state index contributed by atoms with van der Waals surface area (Å²) in [7, 11) is 0. The quantitative estimate of drug-likeness (QED) is 0.212. The molecule has 2 aromatic carbocycles. The first-order chi connectivity index (χ1) is 23.8. The molecule has 2 fully saturated rings. The van der Waals surface area contributed by atoms with Crippen molar-refractivity contribution in [2.24, 2.45) is 0 Å². The summed E-state index contributed by atoms with van der Waals surface area (Å²) in [5.41, 5.74) is 4.16. The molecule has 258 valence electrons. The third kappa shape index (κ3) is 8.20. The minimum absolute atomic E-state index is 0.163. The van der Waals surface area contributed by atoms with Gasteiger partial charge in [0.15, 0.2) is 0 Å². The average molecular weight is 673 g/mol. The van der Waals surface area contributed by atoms with Crippen molar-refractivity contribution in [3.05, 3.63) is 83.8 Å². The maximum atomic E-state index is 12.9. The zero-order valence-corrected chi connectivity index (χ0v) is 29.6. The third-order valence-corrected chi connectivity index (χ3v) is 8.46. The molecular weight excluding hydrogens is 628 g/mol. The fourth-order valence-electron chi connectivity index (χ4n) is 6.28. The van der Waals surface area contributed by atoms with Gasteiger partial charge in [0.25, 0.3) is 0 Å². The van der Waals surface area contributed by atoms with Gasteiger partial charge in [-0.15, -0.1) is 0 Å². The highest BCUT2D eigenvalue weighted by atomic mass is 16.6. The van der Waals surface area contributed by atoms with Gasteiger partial charge in [-0.05, 0) is 108 Å². The molecule has 4 heterocycles. The Morgan fingerprint density at radius 1 is 0.740 bits per heavy atom. The van der Waals surface area contributed by atoms with Gasteiger partial charge in [-0.3, -0.25) is 9.80 Å². The Morgan fingerprint density at radius 2 is 1.32 bits per heavy atom. The summed E-state index contributed by atoms with van der Waals surface area (Å²) in [6, 6.07) is 15.9. The Labute approximate surface area is 294 Å². The highest BCUT2D eigenvalue weighted by Crippen LogP contribution is 2.35. The number of ether oxygens (including phenoxy) is 2. The summed E-state index contributed by atoms with van der Waals surface area (Å²) in [5, 5.41) is 0. The first-order valence-corrected chi connectivity index (χ1v) is 17.2. The van der Waals surface area contributed by atoms with E-state index in [9.17, 15) is 9.59 Å². The van der Waals surface area contributed by atoms with Crippen molar-refractivity contribution in [2.45, 2.75) is 90.5 Å². The summed E-state index contributed by atoms with van der Waals surface area (Å²) < 4.78 is 11.3. The monoisotopic (exact) mass is 672 g/mol. The van der Waals surface area contributed by atoms with Crippen LogP contribution in [-0.4, -0.2) is 66.2 Å². The average Bonchev–Trinajstić information content (AvgIpc) is 3.88. The smallest absolute Gasteiger partial charge is 0.410 e. The molecule has 2 aliphatic heterocycles. The molecule has 0 radical (unpaired) electrons. The van der Waals surface area contributed by atoms with Crippen LogP contribution in [-0.2, 0) is 9.47 Å². The van der Waals surface area contributed by atoms with Crippen LogP contribution in [0.15, 0.2) is 60.9 Å². The van der Waals surface area contributed by atoms with Crippen LogP contribution in [0.4, 0.5) is 9.59 Å². The van der Waals surface area contributed by atoms with Gasteiger partial charge in [-0.2, -0.15) is 0 Å². The Morgan fingerprint density at radius 3 is 1.94 bits per heavy atom. The summed E-state index contributed by atoms with van der Waals surface area (Å²) in [6.07, 6.45) is 6.25. The number of benzene rings is 2. The number of rotatable bonds is 4. The SMILES string of the molecule is CC(C)(C)OC(=O)N1CCC[C@H]1c1ncc(C#CC#Cc2ccc(-c3cnc([C@@H]4CCCN4C(=O)OC(C)(C)C)[nH]3)cc2-c2ccccc2)[nH]1. The van der Waals surface area contributed by atoms with Crippen molar-refractivity contribution in [3.63, 3.8) is 0 Å². The van der Waals surface area contributed by atoms with Gasteiger partial charge in [0.1, 0.15) is 28.5 Å². The predicted octanol–water partition coefficient (Wildman–Crippen LogP) is 8.01. The molecule has 10 heteroatoms. The number of nitrogens with one attached hydrogen (secondary N) is 2. The standard InChI is InChI=1S/C40H44N6O4/c1-39(2,3)49-37(47)45-22-12-18-33(45)35-41-25-30(43-35)17-11-10-16-28-20-21-29(24-31(28)27-14-8-7-9-15-27)32-26-42-36(44-32)34-19-13-23-46(34)38(48)50-40(4,5)6/h7-9,14-15,20-21,24-26,33-34H,12-13,18-19,22-23H2,1-6H3,(H,41,43)(H,42,44)/t33-,34-/m0/s1. The zero-order valence-electron chi connectivity index (χ0n) is 29.6. The van der Waals surface area contributed by atoms with E-state index in [-0.39, 0.29) is 24.3 Å². The minimum Gasteiger partial charge on any atom is -0.444 e. The number of imidazole rings is 2. The van der Waals surface area contributed by atoms with Crippen LogP contribution in [0.25, 0.3) is 22.4 Å². The second-order valence-electron chi connectivity index (χ2n) is 14.7. The molecule has 4 aromatic rings. The lowest BCUT2D eigenvalue weighted by molar-refractivity contribution is 0.0208. The van der Waals surface area contributed by atoms with Gasteiger partial charge in [0.05, 0.1) is 30.2 Å². The molecule has 2 N–H and O–H groups in total. The van der Waals surface area contributed by atoms with E-state index in [0.29, 0.717) is 24.6 Å². The first-order valence-electron chi connectivity index (χ1n) is 17.2. The van der Waals surface area contributed by atoms with Crippen molar-refractivity contribution in [2.75, 3.05) is 13.1 Å². The molecule has 2 aliphatic rings. The van der Waals surface area contributed by atoms with Crippen LogP contribution < -0.4 is 0 Å². The Balaban J connectivity index is 1.20. The lowest BCUT2D eigenvalue weighted by atomic mass is 9.96. The normalized spacial score (nSPS) is 17.5. The van der Waals surface area contributed by atoms with Gasteiger partial charge in [-0.1, -0.05) is 42.3 Å². The van der Waals surface area contributed by atoms with Crippen molar-refractivity contribution in [3.8, 4) is 46.1 Å². The number of likely N-dealkylation sites (tertiary alicyclic amines) is 2. The molecule has 0 aliphatic carbocycles.